The first kappa shape index (κ1) is 20.8. The third-order valence-electron chi connectivity index (χ3n) is 5.52. The number of benzene rings is 3. The number of rotatable bonds is 8. The van der Waals surface area contributed by atoms with E-state index in [0.717, 1.165) is 12.0 Å². The molecule has 1 aliphatic heterocycles. The SMILES string of the molecule is O=C(c1ccccc1)N(CCc1ccccc1)CCc1nc(-c2ccc3c(c2)OCO3)no1. The third kappa shape index (κ3) is 4.87. The Hall–Kier alpha value is -4.13. The Kier molecular flexibility index (Phi) is 6.01. The third-order valence-corrected chi connectivity index (χ3v) is 5.52. The van der Waals surface area contributed by atoms with Crippen molar-refractivity contribution in [2.24, 2.45) is 0 Å². The van der Waals surface area contributed by atoms with Crippen molar-refractivity contribution in [1.29, 1.82) is 0 Å². The van der Waals surface area contributed by atoms with Crippen LogP contribution in [-0.4, -0.2) is 40.8 Å². The summed E-state index contributed by atoms with van der Waals surface area (Å²) in [5, 5.41) is 4.10. The molecule has 0 bridgehead atoms. The molecule has 4 aromatic rings. The van der Waals surface area contributed by atoms with Gasteiger partial charge in [0.1, 0.15) is 0 Å². The van der Waals surface area contributed by atoms with E-state index in [2.05, 4.69) is 22.3 Å². The number of nitrogens with zero attached hydrogens (tertiary/aromatic N) is 3. The molecule has 0 saturated carbocycles. The summed E-state index contributed by atoms with van der Waals surface area (Å²) in [6, 6.07) is 25.0. The highest BCUT2D eigenvalue weighted by Gasteiger charge is 2.19. The van der Waals surface area contributed by atoms with Crippen LogP contribution in [0.15, 0.2) is 83.4 Å². The van der Waals surface area contributed by atoms with E-state index in [0.29, 0.717) is 48.3 Å². The fraction of sp³-hybridized carbons (Fsp3) is 0.192. The Morgan fingerprint density at radius 2 is 1.58 bits per heavy atom. The van der Waals surface area contributed by atoms with E-state index in [-0.39, 0.29) is 12.7 Å². The van der Waals surface area contributed by atoms with Crippen LogP contribution >= 0.6 is 0 Å². The van der Waals surface area contributed by atoms with Crippen LogP contribution in [0.4, 0.5) is 0 Å². The summed E-state index contributed by atoms with van der Waals surface area (Å²) < 4.78 is 16.2. The molecule has 0 aliphatic carbocycles. The fourth-order valence-corrected chi connectivity index (χ4v) is 3.73. The Morgan fingerprint density at radius 1 is 0.848 bits per heavy atom. The Balaban J connectivity index is 1.28. The van der Waals surface area contributed by atoms with Crippen LogP contribution in [0.2, 0.25) is 0 Å². The molecule has 0 unspecified atom stereocenters. The molecular weight excluding hydrogens is 418 g/mol. The monoisotopic (exact) mass is 441 g/mol. The maximum absolute atomic E-state index is 13.2. The van der Waals surface area contributed by atoms with Gasteiger partial charge in [0, 0.05) is 30.6 Å². The minimum Gasteiger partial charge on any atom is -0.454 e. The maximum atomic E-state index is 13.2. The molecule has 1 aliphatic rings. The topological polar surface area (TPSA) is 77.7 Å². The molecule has 5 rings (SSSR count). The van der Waals surface area contributed by atoms with Gasteiger partial charge in [-0.15, -0.1) is 0 Å². The lowest BCUT2D eigenvalue weighted by molar-refractivity contribution is 0.0756. The molecule has 33 heavy (non-hydrogen) atoms. The van der Waals surface area contributed by atoms with Crippen molar-refractivity contribution in [3.63, 3.8) is 0 Å². The number of aromatic nitrogens is 2. The summed E-state index contributed by atoms with van der Waals surface area (Å²) in [4.78, 5) is 19.5. The lowest BCUT2D eigenvalue weighted by atomic mass is 10.1. The van der Waals surface area contributed by atoms with Crippen molar-refractivity contribution < 1.29 is 18.8 Å². The van der Waals surface area contributed by atoms with Crippen LogP contribution in [-0.2, 0) is 12.8 Å². The summed E-state index contributed by atoms with van der Waals surface area (Å²) >= 11 is 0. The number of carbonyl (C=O) groups is 1. The van der Waals surface area contributed by atoms with E-state index < -0.39 is 0 Å². The fourth-order valence-electron chi connectivity index (χ4n) is 3.73. The predicted molar refractivity (Wildman–Crippen MR) is 122 cm³/mol. The van der Waals surface area contributed by atoms with Crippen LogP contribution in [0.25, 0.3) is 11.4 Å². The number of fused-ring (bicyclic) bond motifs is 1. The highest BCUT2D eigenvalue weighted by Crippen LogP contribution is 2.35. The van der Waals surface area contributed by atoms with Crippen molar-refractivity contribution in [2.45, 2.75) is 12.8 Å². The molecule has 0 fully saturated rings. The van der Waals surface area contributed by atoms with Crippen molar-refractivity contribution in [3.05, 3.63) is 95.9 Å². The van der Waals surface area contributed by atoms with Gasteiger partial charge in [-0.2, -0.15) is 4.98 Å². The van der Waals surface area contributed by atoms with Gasteiger partial charge >= 0.3 is 0 Å². The Bertz CT molecular complexity index is 1220. The molecule has 0 spiro atoms. The molecule has 3 aromatic carbocycles. The zero-order chi connectivity index (χ0) is 22.5. The van der Waals surface area contributed by atoms with Gasteiger partial charge in [-0.25, -0.2) is 0 Å². The largest absolute Gasteiger partial charge is 0.454 e. The number of amides is 1. The van der Waals surface area contributed by atoms with Gasteiger partial charge in [-0.05, 0) is 42.3 Å². The summed E-state index contributed by atoms with van der Waals surface area (Å²) in [5.74, 6) is 2.32. The van der Waals surface area contributed by atoms with E-state index in [9.17, 15) is 4.79 Å². The van der Waals surface area contributed by atoms with Crippen molar-refractivity contribution in [1.82, 2.24) is 15.0 Å². The van der Waals surface area contributed by atoms with Crippen LogP contribution in [0.1, 0.15) is 21.8 Å². The first-order chi connectivity index (χ1) is 16.3. The molecule has 1 amide bonds. The van der Waals surface area contributed by atoms with Crippen LogP contribution < -0.4 is 9.47 Å². The predicted octanol–water partition coefficient (Wildman–Crippen LogP) is 4.39. The second kappa shape index (κ2) is 9.56. The molecule has 7 heteroatoms. The summed E-state index contributed by atoms with van der Waals surface area (Å²) in [7, 11) is 0. The first-order valence-electron chi connectivity index (χ1n) is 10.9. The second-order valence-electron chi connectivity index (χ2n) is 7.72. The average molecular weight is 441 g/mol. The summed E-state index contributed by atoms with van der Waals surface area (Å²) in [6.45, 7) is 1.29. The van der Waals surface area contributed by atoms with Crippen LogP contribution in [0.3, 0.4) is 0 Å². The normalized spacial score (nSPS) is 12.0. The zero-order valence-corrected chi connectivity index (χ0v) is 18.0. The number of hydrogen-bond acceptors (Lipinski definition) is 6. The van der Waals surface area contributed by atoms with Gasteiger partial charge in [-0.3, -0.25) is 4.79 Å². The molecule has 0 radical (unpaired) electrons. The van der Waals surface area contributed by atoms with E-state index >= 15 is 0 Å². The summed E-state index contributed by atoms with van der Waals surface area (Å²) in [5.41, 5.74) is 2.64. The van der Waals surface area contributed by atoms with Gasteiger partial charge in [0.25, 0.3) is 5.91 Å². The Labute approximate surface area is 191 Å². The average Bonchev–Trinajstić information content (AvgIpc) is 3.54. The first-order valence-corrected chi connectivity index (χ1v) is 10.9. The van der Waals surface area contributed by atoms with Crippen LogP contribution in [0, 0.1) is 0 Å². The summed E-state index contributed by atoms with van der Waals surface area (Å²) in [6.07, 6.45) is 1.23. The van der Waals surface area contributed by atoms with E-state index in [1.54, 1.807) is 0 Å². The van der Waals surface area contributed by atoms with E-state index in [1.807, 2.05) is 71.6 Å². The second-order valence-corrected chi connectivity index (χ2v) is 7.72. The standard InChI is InChI=1S/C26H23N3O4/c30-26(20-9-5-2-6-10-20)29(15-13-19-7-3-1-4-8-19)16-14-24-27-25(28-33-24)21-11-12-22-23(17-21)32-18-31-22/h1-12,17H,13-16,18H2. The highest BCUT2D eigenvalue weighted by molar-refractivity contribution is 5.94. The highest BCUT2D eigenvalue weighted by atomic mass is 16.7. The molecule has 0 atom stereocenters. The molecule has 166 valence electrons. The van der Waals surface area contributed by atoms with E-state index in [4.69, 9.17) is 14.0 Å². The molecule has 0 N–H and O–H groups in total. The van der Waals surface area contributed by atoms with E-state index in [1.165, 1.54) is 5.56 Å². The number of ether oxygens (including phenoxy) is 2. The van der Waals surface area contributed by atoms with Crippen molar-refractivity contribution in [3.8, 4) is 22.9 Å². The van der Waals surface area contributed by atoms with Gasteiger partial charge < -0.3 is 18.9 Å². The van der Waals surface area contributed by atoms with Gasteiger partial charge in [-0.1, -0.05) is 53.7 Å². The van der Waals surface area contributed by atoms with Crippen LogP contribution in [0.5, 0.6) is 11.5 Å². The molecule has 7 nitrogen and oxygen atoms in total. The van der Waals surface area contributed by atoms with Crippen molar-refractivity contribution in [2.75, 3.05) is 19.9 Å². The molecule has 1 aromatic heterocycles. The smallest absolute Gasteiger partial charge is 0.253 e. The minimum atomic E-state index is -0.0120. The number of carbonyl (C=O) groups excluding carboxylic acids is 1. The van der Waals surface area contributed by atoms with Gasteiger partial charge in [0.2, 0.25) is 18.5 Å². The quantitative estimate of drug-likeness (QED) is 0.404. The molecule has 0 saturated heterocycles. The lowest BCUT2D eigenvalue weighted by Crippen LogP contribution is -2.34. The maximum Gasteiger partial charge on any atom is 0.253 e. The van der Waals surface area contributed by atoms with Crippen molar-refractivity contribution >= 4 is 5.91 Å². The lowest BCUT2D eigenvalue weighted by Gasteiger charge is -2.22. The Morgan fingerprint density at radius 3 is 2.39 bits per heavy atom. The zero-order valence-electron chi connectivity index (χ0n) is 18.0. The minimum absolute atomic E-state index is 0.0120. The molecule has 2 heterocycles. The molecular formula is C26H23N3O4. The van der Waals surface area contributed by atoms with Gasteiger partial charge in [0.05, 0.1) is 0 Å². The number of hydrogen-bond donors (Lipinski definition) is 0. The van der Waals surface area contributed by atoms with Gasteiger partial charge in [0.15, 0.2) is 11.5 Å².